The maximum absolute atomic E-state index is 12.2. The average Bonchev–Trinajstić information content (AvgIpc) is 2.79. The minimum absolute atomic E-state index is 0.259. The van der Waals surface area contributed by atoms with Crippen LogP contribution in [0, 0.1) is 13.8 Å². The summed E-state index contributed by atoms with van der Waals surface area (Å²) in [6.45, 7) is 3.76. The third-order valence-corrected chi connectivity index (χ3v) is 3.33. The van der Waals surface area contributed by atoms with Crippen LogP contribution >= 0.6 is 0 Å². The van der Waals surface area contributed by atoms with Crippen LogP contribution in [0.1, 0.15) is 21.7 Å². The highest BCUT2D eigenvalue weighted by molar-refractivity contribution is 5.96. The molecule has 0 bridgehead atoms. The van der Waals surface area contributed by atoms with Crippen LogP contribution in [0.15, 0.2) is 52.9 Å². The van der Waals surface area contributed by atoms with Gasteiger partial charge in [0.05, 0.1) is 0 Å². The Kier molecular flexibility index (Phi) is 3.03. The molecule has 0 aliphatic heterocycles. The van der Waals surface area contributed by atoms with E-state index in [0.717, 1.165) is 16.5 Å². The molecule has 3 nitrogen and oxygen atoms in total. The molecule has 3 aromatic rings. The van der Waals surface area contributed by atoms with Crippen molar-refractivity contribution in [1.82, 2.24) is 0 Å². The number of esters is 1. The quantitative estimate of drug-likeness (QED) is 0.513. The highest BCUT2D eigenvalue weighted by Gasteiger charge is 2.19. The van der Waals surface area contributed by atoms with Gasteiger partial charge in [-0.15, -0.1) is 0 Å². The van der Waals surface area contributed by atoms with Crippen LogP contribution in [0.25, 0.3) is 11.0 Å². The van der Waals surface area contributed by atoms with Gasteiger partial charge in [0.25, 0.3) is 0 Å². The third kappa shape index (κ3) is 2.07. The number of carbonyl (C=O) groups is 1. The van der Waals surface area contributed by atoms with Crippen molar-refractivity contribution >= 4 is 16.9 Å². The van der Waals surface area contributed by atoms with Gasteiger partial charge in [-0.1, -0.05) is 36.4 Å². The molecular weight excluding hydrogens is 252 g/mol. The van der Waals surface area contributed by atoms with E-state index in [1.807, 2.05) is 56.3 Å². The number of fused-ring (bicyclic) bond motifs is 1. The Bertz CT molecular complexity index is 784. The second-order valence-electron chi connectivity index (χ2n) is 4.71. The second kappa shape index (κ2) is 4.85. The van der Waals surface area contributed by atoms with Crippen molar-refractivity contribution < 1.29 is 13.9 Å². The second-order valence-corrected chi connectivity index (χ2v) is 4.71. The predicted molar refractivity (Wildman–Crippen MR) is 77.1 cm³/mol. The summed E-state index contributed by atoms with van der Waals surface area (Å²) in [5.41, 5.74) is 2.41. The van der Waals surface area contributed by atoms with Gasteiger partial charge in [0.1, 0.15) is 11.3 Å². The van der Waals surface area contributed by atoms with E-state index in [0.29, 0.717) is 11.3 Å². The first-order valence-electron chi connectivity index (χ1n) is 6.43. The van der Waals surface area contributed by atoms with Gasteiger partial charge in [-0.05, 0) is 31.5 Å². The number of aryl methyl sites for hydroxylation is 2. The molecule has 1 heterocycles. The average molecular weight is 266 g/mol. The Morgan fingerprint density at radius 1 is 1.00 bits per heavy atom. The zero-order chi connectivity index (χ0) is 14.1. The molecule has 0 amide bonds. The summed E-state index contributed by atoms with van der Waals surface area (Å²) >= 11 is 0. The van der Waals surface area contributed by atoms with Crippen LogP contribution < -0.4 is 4.74 Å². The number of furan rings is 1. The maximum atomic E-state index is 12.2. The van der Waals surface area contributed by atoms with Crippen molar-refractivity contribution in [3.63, 3.8) is 0 Å². The maximum Gasteiger partial charge on any atom is 0.379 e. The fourth-order valence-corrected chi connectivity index (χ4v) is 2.19. The van der Waals surface area contributed by atoms with Gasteiger partial charge < -0.3 is 9.15 Å². The smallest absolute Gasteiger partial charge is 0.379 e. The molecule has 0 saturated heterocycles. The Morgan fingerprint density at radius 2 is 1.70 bits per heavy atom. The van der Waals surface area contributed by atoms with Gasteiger partial charge in [0, 0.05) is 10.9 Å². The monoisotopic (exact) mass is 266 g/mol. The van der Waals surface area contributed by atoms with Crippen LogP contribution in [0.5, 0.6) is 5.75 Å². The van der Waals surface area contributed by atoms with Gasteiger partial charge in [0.2, 0.25) is 5.76 Å². The summed E-state index contributed by atoms with van der Waals surface area (Å²) in [6.07, 6.45) is 0. The summed E-state index contributed by atoms with van der Waals surface area (Å²) in [4.78, 5) is 12.2. The number of benzene rings is 2. The van der Waals surface area contributed by atoms with Gasteiger partial charge in [0.15, 0.2) is 0 Å². The molecule has 0 aliphatic rings. The van der Waals surface area contributed by atoms with Crippen LogP contribution in [-0.4, -0.2) is 5.97 Å². The molecule has 0 N–H and O–H groups in total. The normalized spacial score (nSPS) is 10.7. The third-order valence-electron chi connectivity index (χ3n) is 3.33. The van der Waals surface area contributed by atoms with Crippen molar-refractivity contribution in [2.24, 2.45) is 0 Å². The van der Waals surface area contributed by atoms with Gasteiger partial charge in [-0.25, -0.2) is 4.79 Å². The number of carbonyl (C=O) groups excluding carboxylic acids is 1. The highest BCUT2D eigenvalue weighted by Crippen LogP contribution is 2.26. The van der Waals surface area contributed by atoms with E-state index in [9.17, 15) is 4.79 Å². The van der Waals surface area contributed by atoms with E-state index >= 15 is 0 Å². The Balaban J connectivity index is 1.97. The number of ether oxygens (including phenoxy) is 1. The minimum atomic E-state index is -0.465. The lowest BCUT2D eigenvalue weighted by Crippen LogP contribution is -2.09. The van der Waals surface area contributed by atoms with E-state index in [1.165, 1.54) is 0 Å². The van der Waals surface area contributed by atoms with E-state index in [1.54, 1.807) is 6.07 Å². The molecule has 20 heavy (non-hydrogen) atoms. The number of hydrogen-bond donors (Lipinski definition) is 0. The van der Waals surface area contributed by atoms with Crippen molar-refractivity contribution in [3.05, 3.63) is 65.4 Å². The fraction of sp³-hybridized carbons (Fsp3) is 0.118. The Labute approximate surface area is 116 Å². The standard InChI is InChI=1S/C17H14O3/c1-11-7-3-5-9-14(11)20-17(18)16-12(2)13-8-4-6-10-15(13)19-16/h3-10H,1-2H3. The number of para-hydroxylation sites is 2. The van der Waals surface area contributed by atoms with Crippen molar-refractivity contribution in [2.75, 3.05) is 0 Å². The Hall–Kier alpha value is -2.55. The number of rotatable bonds is 2. The summed E-state index contributed by atoms with van der Waals surface area (Å²) in [5.74, 6) is 0.347. The largest absolute Gasteiger partial charge is 0.449 e. The van der Waals surface area contributed by atoms with E-state index in [-0.39, 0.29) is 5.76 Å². The predicted octanol–water partition coefficient (Wildman–Crippen LogP) is 4.27. The van der Waals surface area contributed by atoms with Gasteiger partial charge in [-0.3, -0.25) is 0 Å². The lowest BCUT2D eigenvalue weighted by Gasteiger charge is -2.05. The van der Waals surface area contributed by atoms with E-state index in [4.69, 9.17) is 9.15 Å². The van der Waals surface area contributed by atoms with Crippen molar-refractivity contribution in [1.29, 1.82) is 0 Å². The molecule has 0 aliphatic carbocycles. The van der Waals surface area contributed by atoms with Crippen LogP contribution in [0.2, 0.25) is 0 Å². The zero-order valence-corrected chi connectivity index (χ0v) is 11.3. The topological polar surface area (TPSA) is 39.4 Å². The zero-order valence-electron chi connectivity index (χ0n) is 11.3. The first-order chi connectivity index (χ1) is 9.66. The van der Waals surface area contributed by atoms with E-state index < -0.39 is 5.97 Å². The molecule has 0 saturated carbocycles. The molecule has 3 rings (SSSR count). The van der Waals surface area contributed by atoms with Gasteiger partial charge in [-0.2, -0.15) is 0 Å². The summed E-state index contributed by atoms with van der Waals surface area (Å²) < 4.78 is 11.0. The molecule has 0 fully saturated rings. The van der Waals surface area contributed by atoms with Gasteiger partial charge >= 0.3 is 5.97 Å². The molecule has 0 unspecified atom stereocenters. The molecule has 3 heteroatoms. The summed E-state index contributed by atoms with van der Waals surface area (Å²) in [6, 6.07) is 15.0. The molecule has 1 aromatic heterocycles. The van der Waals surface area contributed by atoms with Crippen molar-refractivity contribution in [2.45, 2.75) is 13.8 Å². The first-order valence-corrected chi connectivity index (χ1v) is 6.43. The SMILES string of the molecule is Cc1ccccc1OC(=O)c1oc2ccccc2c1C. The Morgan fingerprint density at radius 3 is 2.45 bits per heavy atom. The highest BCUT2D eigenvalue weighted by atomic mass is 16.5. The molecule has 0 atom stereocenters. The molecule has 2 aromatic carbocycles. The van der Waals surface area contributed by atoms with Crippen molar-refractivity contribution in [3.8, 4) is 5.75 Å². The minimum Gasteiger partial charge on any atom is -0.449 e. The lowest BCUT2D eigenvalue weighted by molar-refractivity contribution is 0.0701. The summed E-state index contributed by atoms with van der Waals surface area (Å²) in [7, 11) is 0. The number of hydrogen-bond acceptors (Lipinski definition) is 3. The summed E-state index contributed by atoms with van der Waals surface area (Å²) in [5, 5.41) is 0.934. The molecular formula is C17H14O3. The molecule has 0 radical (unpaired) electrons. The molecule has 0 spiro atoms. The fourth-order valence-electron chi connectivity index (χ4n) is 2.19. The lowest BCUT2D eigenvalue weighted by atomic mass is 10.1. The van der Waals surface area contributed by atoms with Crippen LogP contribution in [0.4, 0.5) is 0 Å². The first kappa shape index (κ1) is 12.5. The van der Waals surface area contributed by atoms with Crippen LogP contribution in [-0.2, 0) is 0 Å². The van der Waals surface area contributed by atoms with Crippen LogP contribution in [0.3, 0.4) is 0 Å². The van der Waals surface area contributed by atoms with E-state index in [2.05, 4.69) is 0 Å². The molecule has 100 valence electrons.